The number of aromatic nitrogens is 2. The van der Waals surface area contributed by atoms with Crippen LogP contribution in [0.2, 0.25) is 0 Å². The molecule has 4 nitrogen and oxygen atoms in total. The van der Waals surface area contributed by atoms with Gasteiger partial charge in [-0.1, -0.05) is 12.1 Å². The second-order valence-corrected chi connectivity index (χ2v) is 3.51. The molecule has 0 amide bonds. The second-order valence-electron chi connectivity index (χ2n) is 3.51. The summed E-state index contributed by atoms with van der Waals surface area (Å²) in [7, 11) is 1.82. The van der Waals surface area contributed by atoms with Gasteiger partial charge in [0.2, 0.25) is 0 Å². The van der Waals surface area contributed by atoms with Crippen molar-refractivity contribution in [3.63, 3.8) is 0 Å². The van der Waals surface area contributed by atoms with Crippen LogP contribution in [0, 0.1) is 6.92 Å². The van der Waals surface area contributed by atoms with Crippen molar-refractivity contribution in [2.45, 2.75) is 13.5 Å². The van der Waals surface area contributed by atoms with Gasteiger partial charge >= 0.3 is 0 Å². The van der Waals surface area contributed by atoms with Crippen molar-refractivity contribution in [1.29, 1.82) is 0 Å². The largest absolute Gasteiger partial charge is 0.313 e. The second kappa shape index (κ2) is 3.82. The van der Waals surface area contributed by atoms with Crippen molar-refractivity contribution in [1.82, 2.24) is 15.3 Å². The van der Waals surface area contributed by atoms with Crippen LogP contribution in [0.3, 0.4) is 0 Å². The van der Waals surface area contributed by atoms with Gasteiger partial charge in [-0.2, -0.15) is 0 Å². The van der Waals surface area contributed by atoms with E-state index in [1.54, 1.807) is 6.07 Å². The number of benzene rings is 1. The van der Waals surface area contributed by atoms with Gasteiger partial charge in [-0.25, -0.2) is 4.98 Å². The number of nitrogens with zero attached hydrogens (tertiary/aromatic N) is 1. The summed E-state index contributed by atoms with van der Waals surface area (Å²) in [6.45, 7) is 2.53. The number of hydrogen-bond acceptors (Lipinski definition) is 3. The average molecular weight is 203 g/mol. The fraction of sp³-hybridized carbons (Fsp3) is 0.273. The van der Waals surface area contributed by atoms with Crippen LogP contribution in [-0.2, 0) is 6.54 Å². The number of aromatic amines is 1. The van der Waals surface area contributed by atoms with Gasteiger partial charge in [-0.05, 0) is 25.6 Å². The summed E-state index contributed by atoms with van der Waals surface area (Å²) in [6, 6.07) is 5.61. The van der Waals surface area contributed by atoms with E-state index in [-0.39, 0.29) is 5.56 Å². The molecule has 1 heterocycles. The maximum atomic E-state index is 11.7. The first-order valence-corrected chi connectivity index (χ1v) is 4.85. The number of hydrogen-bond donors (Lipinski definition) is 2. The molecule has 78 valence electrons. The Kier molecular flexibility index (Phi) is 2.51. The predicted octanol–water partition coefficient (Wildman–Crippen LogP) is 0.951. The Morgan fingerprint density at radius 2 is 2.27 bits per heavy atom. The van der Waals surface area contributed by atoms with Crippen LogP contribution < -0.4 is 10.9 Å². The Labute approximate surface area is 87.4 Å². The van der Waals surface area contributed by atoms with E-state index in [1.807, 2.05) is 26.1 Å². The fourth-order valence-corrected chi connectivity index (χ4v) is 1.60. The van der Waals surface area contributed by atoms with Crippen molar-refractivity contribution in [3.05, 3.63) is 39.9 Å². The number of para-hydroxylation sites is 1. The minimum atomic E-state index is -0.0750. The summed E-state index contributed by atoms with van der Waals surface area (Å²) in [5, 5.41) is 3.61. The lowest BCUT2D eigenvalue weighted by atomic mass is 10.1. The van der Waals surface area contributed by atoms with Crippen molar-refractivity contribution >= 4 is 10.9 Å². The van der Waals surface area contributed by atoms with Gasteiger partial charge < -0.3 is 10.3 Å². The SMILES string of the molecule is CNCc1nc2c(C)cccc2c(=O)[nH]1. The van der Waals surface area contributed by atoms with Crippen LogP contribution in [-0.4, -0.2) is 17.0 Å². The first kappa shape index (κ1) is 9.86. The normalized spacial score (nSPS) is 10.8. The van der Waals surface area contributed by atoms with Gasteiger partial charge in [0.05, 0.1) is 17.4 Å². The van der Waals surface area contributed by atoms with Crippen LogP contribution in [0.1, 0.15) is 11.4 Å². The standard InChI is InChI=1S/C11H13N3O/c1-7-4-3-5-8-10(7)13-9(6-12-2)14-11(8)15/h3-5,12H,6H2,1-2H3,(H,13,14,15). The van der Waals surface area contributed by atoms with E-state index in [0.717, 1.165) is 11.1 Å². The molecule has 0 aliphatic heterocycles. The highest BCUT2D eigenvalue weighted by Crippen LogP contribution is 2.11. The van der Waals surface area contributed by atoms with Gasteiger partial charge in [0.1, 0.15) is 5.82 Å². The lowest BCUT2D eigenvalue weighted by Crippen LogP contribution is -2.16. The van der Waals surface area contributed by atoms with E-state index < -0.39 is 0 Å². The highest BCUT2D eigenvalue weighted by Gasteiger charge is 2.04. The lowest BCUT2D eigenvalue weighted by Gasteiger charge is -2.03. The summed E-state index contributed by atoms with van der Waals surface area (Å²) in [5.74, 6) is 0.671. The summed E-state index contributed by atoms with van der Waals surface area (Å²) < 4.78 is 0. The van der Waals surface area contributed by atoms with E-state index in [9.17, 15) is 4.79 Å². The molecule has 4 heteroatoms. The average Bonchev–Trinajstić information content (AvgIpc) is 2.20. The molecule has 2 N–H and O–H groups in total. The van der Waals surface area contributed by atoms with Crippen LogP contribution in [0.4, 0.5) is 0 Å². The van der Waals surface area contributed by atoms with E-state index in [4.69, 9.17) is 0 Å². The van der Waals surface area contributed by atoms with E-state index in [2.05, 4.69) is 15.3 Å². The predicted molar refractivity (Wildman–Crippen MR) is 59.9 cm³/mol. The minimum absolute atomic E-state index is 0.0750. The molecule has 2 aromatic rings. The Balaban J connectivity index is 2.74. The van der Waals surface area contributed by atoms with Gasteiger partial charge in [-0.15, -0.1) is 0 Å². The van der Waals surface area contributed by atoms with Gasteiger partial charge in [0, 0.05) is 0 Å². The lowest BCUT2D eigenvalue weighted by molar-refractivity contribution is 0.759. The Hall–Kier alpha value is -1.68. The van der Waals surface area contributed by atoms with Crippen molar-refractivity contribution in [2.75, 3.05) is 7.05 Å². The third kappa shape index (κ3) is 1.76. The Bertz CT molecular complexity index is 545. The topological polar surface area (TPSA) is 57.8 Å². The molecule has 1 aromatic carbocycles. The molecule has 0 aliphatic rings. The molecule has 0 spiro atoms. The molecule has 0 radical (unpaired) electrons. The van der Waals surface area contributed by atoms with Crippen LogP contribution in [0.5, 0.6) is 0 Å². The molecule has 0 fully saturated rings. The molecule has 0 atom stereocenters. The molecule has 0 saturated heterocycles. The number of H-pyrrole nitrogens is 1. The Morgan fingerprint density at radius 1 is 1.47 bits per heavy atom. The van der Waals surface area contributed by atoms with E-state index in [1.165, 1.54) is 0 Å². The molecule has 0 aliphatic carbocycles. The summed E-state index contributed by atoms with van der Waals surface area (Å²) in [6.07, 6.45) is 0. The van der Waals surface area contributed by atoms with Crippen molar-refractivity contribution in [3.8, 4) is 0 Å². The number of aryl methyl sites for hydroxylation is 1. The zero-order valence-electron chi connectivity index (χ0n) is 8.79. The van der Waals surface area contributed by atoms with Crippen LogP contribution >= 0.6 is 0 Å². The maximum Gasteiger partial charge on any atom is 0.258 e. The quantitative estimate of drug-likeness (QED) is 0.764. The van der Waals surface area contributed by atoms with Crippen molar-refractivity contribution < 1.29 is 0 Å². The third-order valence-electron chi connectivity index (χ3n) is 2.33. The first-order valence-electron chi connectivity index (χ1n) is 4.85. The summed E-state index contributed by atoms with van der Waals surface area (Å²) in [4.78, 5) is 18.9. The molecule has 0 saturated carbocycles. The van der Waals surface area contributed by atoms with E-state index >= 15 is 0 Å². The zero-order chi connectivity index (χ0) is 10.8. The molecule has 15 heavy (non-hydrogen) atoms. The number of nitrogens with one attached hydrogen (secondary N) is 2. The highest BCUT2D eigenvalue weighted by molar-refractivity contribution is 5.80. The van der Waals surface area contributed by atoms with Crippen molar-refractivity contribution in [2.24, 2.45) is 0 Å². The summed E-state index contributed by atoms with van der Waals surface area (Å²) in [5.41, 5.74) is 1.73. The van der Waals surface area contributed by atoms with E-state index in [0.29, 0.717) is 17.8 Å². The molecular weight excluding hydrogens is 190 g/mol. The van der Waals surface area contributed by atoms with Gasteiger partial charge in [0.15, 0.2) is 0 Å². The van der Waals surface area contributed by atoms with Gasteiger partial charge in [-0.3, -0.25) is 4.79 Å². The highest BCUT2D eigenvalue weighted by atomic mass is 16.1. The molecule has 1 aromatic heterocycles. The minimum Gasteiger partial charge on any atom is -0.313 e. The number of rotatable bonds is 2. The summed E-state index contributed by atoms with van der Waals surface area (Å²) >= 11 is 0. The van der Waals surface area contributed by atoms with Crippen LogP contribution in [0.15, 0.2) is 23.0 Å². The zero-order valence-corrected chi connectivity index (χ0v) is 8.79. The smallest absolute Gasteiger partial charge is 0.258 e. The molecular formula is C11H13N3O. The third-order valence-corrected chi connectivity index (χ3v) is 2.33. The fourth-order valence-electron chi connectivity index (χ4n) is 1.60. The molecule has 0 bridgehead atoms. The maximum absolute atomic E-state index is 11.7. The number of fused-ring (bicyclic) bond motifs is 1. The van der Waals surface area contributed by atoms with Crippen LogP contribution in [0.25, 0.3) is 10.9 Å². The molecule has 0 unspecified atom stereocenters. The monoisotopic (exact) mass is 203 g/mol. The van der Waals surface area contributed by atoms with Gasteiger partial charge in [0.25, 0.3) is 5.56 Å². The molecule has 2 rings (SSSR count). The first-order chi connectivity index (χ1) is 7.22. The Morgan fingerprint density at radius 3 is 3.00 bits per heavy atom.